The second-order valence-corrected chi connectivity index (χ2v) is 6.74. The molecule has 0 saturated carbocycles. The minimum absolute atomic E-state index is 0.506. The number of hydrogen-bond acceptors (Lipinski definition) is 5. The first-order chi connectivity index (χ1) is 14.3. The van der Waals surface area contributed by atoms with Crippen LogP contribution in [0.2, 0.25) is 0 Å². The molecule has 0 bridgehead atoms. The Morgan fingerprint density at radius 3 is 3.00 bits per heavy atom. The zero-order valence-electron chi connectivity index (χ0n) is 15.5. The fourth-order valence-corrected chi connectivity index (χ4v) is 3.49. The number of nitriles is 1. The highest BCUT2D eigenvalue weighted by atomic mass is 15.3. The van der Waals surface area contributed by atoms with Gasteiger partial charge in [0.15, 0.2) is 5.65 Å². The summed E-state index contributed by atoms with van der Waals surface area (Å²) in [5.74, 6) is 0.845. The van der Waals surface area contributed by atoms with Gasteiger partial charge in [-0.05, 0) is 24.1 Å². The van der Waals surface area contributed by atoms with Crippen LogP contribution in [0.5, 0.6) is 0 Å². The van der Waals surface area contributed by atoms with E-state index < -0.39 is 0 Å². The van der Waals surface area contributed by atoms with Crippen molar-refractivity contribution in [3.05, 3.63) is 78.4 Å². The van der Waals surface area contributed by atoms with Crippen molar-refractivity contribution < 1.29 is 0 Å². The summed E-state index contributed by atoms with van der Waals surface area (Å²) in [4.78, 5) is 12.1. The van der Waals surface area contributed by atoms with Gasteiger partial charge in [-0.25, -0.2) is 4.98 Å². The Hall–Kier alpha value is -4.18. The summed E-state index contributed by atoms with van der Waals surface area (Å²) in [6, 6.07) is 16.0. The lowest BCUT2D eigenvalue weighted by Crippen LogP contribution is -2.10. The van der Waals surface area contributed by atoms with Crippen LogP contribution in [0.15, 0.2) is 67.3 Å². The number of aromatic nitrogens is 5. The van der Waals surface area contributed by atoms with Gasteiger partial charge < -0.3 is 10.3 Å². The molecule has 0 spiro atoms. The quantitative estimate of drug-likeness (QED) is 0.484. The smallest absolute Gasteiger partial charge is 0.157 e. The maximum atomic E-state index is 9.14. The number of aromatic amines is 1. The molecule has 7 nitrogen and oxygen atoms in total. The number of nitrogens with one attached hydrogen (secondary N) is 2. The molecule has 0 aliphatic heterocycles. The van der Waals surface area contributed by atoms with E-state index in [4.69, 9.17) is 5.26 Å². The molecular weight excluding hydrogens is 362 g/mol. The molecule has 0 atom stereocenters. The summed E-state index contributed by atoms with van der Waals surface area (Å²) in [5, 5.41) is 18.2. The maximum absolute atomic E-state index is 9.14. The molecule has 5 rings (SSSR count). The summed E-state index contributed by atoms with van der Waals surface area (Å²) in [6.07, 6.45) is 7.91. The van der Waals surface area contributed by atoms with Gasteiger partial charge in [0.05, 0.1) is 17.5 Å². The number of rotatable bonds is 5. The van der Waals surface area contributed by atoms with E-state index in [1.807, 2.05) is 18.2 Å². The lowest BCUT2D eigenvalue weighted by atomic mass is 10.1. The van der Waals surface area contributed by atoms with E-state index in [9.17, 15) is 0 Å². The van der Waals surface area contributed by atoms with Crippen molar-refractivity contribution >= 4 is 22.4 Å². The first-order valence-corrected chi connectivity index (χ1v) is 9.31. The van der Waals surface area contributed by atoms with Gasteiger partial charge >= 0.3 is 0 Å². The van der Waals surface area contributed by atoms with E-state index >= 15 is 0 Å². The van der Waals surface area contributed by atoms with Crippen LogP contribution in [0.1, 0.15) is 11.1 Å². The number of hydrogen-bond donors (Lipinski definition) is 2. The standard InChI is InChI=1S/C22H17N7/c23-11-15-9-17(13-24-12-15)20-10-22(29-21(28-20)6-8-27-29)25-7-5-16-14-26-19-4-2-1-3-18(16)19/h1-4,6,8-10,12-14,25-26H,5,7H2. The van der Waals surface area contributed by atoms with Crippen LogP contribution in [-0.4, -0.2) is 31.1 Å². The summed E-state index contributed by atoms with van der Waals surface area (Å²) >= 11 is 0. The molecule has 140 valence electrons. The molecule has 0 radical (unpaired) electrons. The van der Waals surface area contributed by atoms with Crippen LogP contribution in [0.4, 0.5) is 5.82 Å². The highest BCUT2D eigenvalue weighted by Crippen LogP contribution is 2.23. The topological polar surface area (TPSA) is 94.7 Å². The Morgan fingerprint density at radius 2 is 2.07 bits per heavy atom. The highest BCUT2D eigenvalue weighted by molar-refractivity contribution is 5.83. The van der Waals surface area contributed by atoms with Gasteiger partial charge in [0, 0.05) is 53.7 Å². The first-order valence-electron chi connectivity index (χ1n) is 9.31. The average Bonchev–Trinajstić information content (AvgIpc) is 3.41. The van der Waals surface area contributed by atoms with E-state index in [0.717, 1.165) is 41.2 Å². The van der Waals surface area contributed by atoms with Crippen LogP contribution in [0.25, 0.3) is 27.8 Å². The van der Waals surface area contributed by atoms with Crippen LogP contribution in [0, 0.1) is 11.3 Å². The molecule has 0 amide bonds. The molecule has 2 N–H and O–H groups in total. The number of para-hydroxylation sites is 1. The second-order valence-electron chi connectivity index (χ2n) is 6.74. The first kappa shape index (κ1) is 17.0. The van der Waals surface area contributed by atoms with Crippen molar-refractivity contribution in [2.45, 2.75) is 6.42 Å². The third-order valence-electron chi connectivity index (χ3n) is 4.90. The molecule has 1 aromatic carbocycles. The molecule has 4 aromatic heterocycles. The van der Waals surface area contributed by atoms with Crippen molar-refractivity contribution in [2.75, 3.05) is 11.9 Å². The summed E-state index contributed by atoms with van der Waals surface area (Å²) in [6.45, 7) is 0.747. The van der Waals surface area contributed by atoms with Gasteiger partial charge in [0.1, 0.15) is 11.9 Å². The molecule has 29 heavy (non-hydrogen) atoms. The normalized spacial score (nSPS) is 11.0. The third kappa shape index (κ3) is 3.17. The zero-order chi connectivity index (χ0) is 19.6. The molecule has 0 unspecified atom stereocenters. The highest BCUT2D eigenvalue weighted by Gasteiger charge is 2.10. The monoisotopic (exact) mass is 379 g/mol. The van der Waals surface area contributed by atoms with Gasteiger partial charge in [-0.3, -0.25) is 4.98 Å². The number of anilines is 1. The van der Waals surface area contributed by atoms with Crippen LogP contribution in [-0.2, 0) is 6.42 Å². The van der Waals surface area contributed by atoms with Crippen LogP contribution < -0.4 is 5.32 Å². The molecule has 0 fully saturated rings. The fraction of sp³-hybridized carbons (Fsp3) is 0.0909. The van der Waals surface area contributed by atoms with E-state index in [0.29, 0.717) is 5.56 Å². The predicted molar refractivity (Wildman–Crippen MR) is 111 cm³/mol. The number of nitrogens with zero attached hydrogens (tertiary/aromatic N) is 5. The SMILES string of the molecule is N#Cc1cncc(-c2cc(NCCc3c[nH]c4ccccc34)n3nccc3n2)c1. The van der Waals surface area contributed by atoms with Crippen molar-refractivity contribution in [3.8, 4) is 17.3 Å². The molecule has 4 heterocycles. The molecule has 7 heteroatoms. The van der Waals surface area contributed by atoms with Gasteiger partial charge in [-0.15, -0.1) is 0 Å². The summed E-state index contributed by atoms with van der Waals surface area (Å²) in [7, 11) is 0. The largest absolute Gasteiger partial charge is 0.370 e. The lowest BCUT2D eigenvalue weighted by molar-refractivity contribution is 0.916. The average molecular weight is 379 g/mol. The van der Waals surface area contributed by atoms with Gasteiger partial charge in [-0.1, -0.05) is 18.2 Å². The third-order valence-corrected chi connectivity index (χ3v) is 4.90. The van der Waals surface area contributed by atoms with Crippen LogP contribution >= 0.6 is 0 Å². The van der Waals surface area contributed by atoms with E-state index in [1.54, 1.807) is 29.2 Å². The summed E-state index contributed by atoms with van der Waals surface area (Å²) in [5.41, 5.74) is 5.20. The van der Waals surface area contributed by atoms with Gasteiger partial charge in [0.2, 0.25) is 0 Å². The minimum atomic E-state index is 0.506. The Kier molecular flexibility index (Phi) is 4.15. The number of H-pyrrole nitrogens is 1. The molecule has 0 aliphatic carbocycles. The Labute approximate surface area is 166 Å². The number of pyridine rings is 1. The van der Waals surface area contributed by atoms with Gasteiger partial charge in [0.25, 0.3) is 0 Å². The Bertz CT molecular complexity index is 1360. The van der Waals surface area contributed by atoms with Crippen molar-refractivity contribution in [1.29, 1.82) is 5.26 Å². The lowest BCUT2D eigenvalue weighted by Gasteiger charge is -2.10. The maximum Gasteiger partial charge on any atom is 0.157 e. The minimum Gasteiger partial charge on any atom is -0.370 e. The molecule has 5 aromatic rings. The van der Waals surface area contributed by atoms with Crippen molar-refractivity contribution in [3.63, 3.8) is 0 Å². The Balaban J connectivity index is 1.43. The molecular formula is C22H17N7. The van der Waals surface area contributed by atoms with E-state index in [-0.39, 0.29) is 0 Å². The number of fused-ring (bicyclic) bond motifs is 2. The van der Waals surface area contributed by atoms with Crippen LogP contribution in [0.3, 0.4) is 0 Å². The number of benzene rings is 1. The molecule has 0 aliphatic rings. The van der Waals surface area contributed by atoms with Crippen molar-refractivity contribution in [2.24, 2.45) is 0 Å². The fourth-order valence-electron chi connectivity index (χ4n) is 3.49. The predicted octanol–water partition coefficient (Wildman–Crippen LogP) is 3.80. The van der Waals surface area contributed by atoms with E-state index in [2.05, 4.69) is 55.8 Å². The van der Waals surface area contributed by atoms with Crippen molar-refractivity contribution in [1.82, 2.24) is 24.6 Å². The molecule has 0 saturated heterocycles. The zero-order valence-corrected chi connectivity index (χ0v) is 15.5. The summed E-state index contributed by atoms with van der Waals surface area (Å²) < 4.78 is 1.78. The second kappa shape index (κ2) is 7.09. The van der Waals surface area contributed by atoms with Gasteiger partial charge in [-0.2, -0.15) is 14.9 Å². The Morgan fingerprint density at radius 1 is 1.14 bits per heavy atom. The van der Waals surface area contributed by atoms with E-state index in [1.165, 1.54) is 10.9 Å².